The van der Waals surface area contributed by atoms with Gasteiger partial charge in [-0.1, -0.05) is 72.8 Å². The first-order valence-electron chi connectivity index (χ1n) is 26.5. The fourth-order valence-electron chi connectivity index (χ4n) is 11.8. The van der Waals surface area contributed by atoms with Crippen LogP contribution in [0.1, 0.15) is 85.9 Å². The summed E-state index contributed by atoms with van der Waals surface area (Å²) < 4.78 is 285. The Bertz CT molecular complexity index is 4100. The Hall–Kier alpha value is -10.0. The maximum Gasteiger partial charge on any atom is 0.417 e. The van der Waals surface area contributed by atoms with Gasteiger partial charge in [0.1, 0.15) is 11.5 Å². The van der Waals surface area contributed by atoms with Crippen LogP contribution >= 0.6 is 0 Å². The minimum Gasteiger partial charge on any atom is -0.473 e. The van der Waals surface area contributed by atoms with Gasteiger partial charge >= 0.3 is 37.1 Å². The molecule has 0 aliphatic carbocycles. The second-order valence-corrected chi connectivity index (χ2v) is 21.2. The van der Waals surface area contributed by atoms with Crippen molar-refractivity contribution in [2.45, 2.75) is 55.6 Å². The van der Waals surface area contributed by atoms with E-state index in [9.17, 15) is 45.5 Å². The third-order valence-electron chi connectivity index (χ3n) is 16.0. The standard InChI is InChI=1S/C63H34F18N4O6/c64-58(65,66)47-23-35(82-27-31-5-1-3-7-51(31)90-29-82)11-17-39(47)41-19-13-37(25-49(41)60(70,71)72)84-53(86)43-15-9-33(21-45(43)55(84)88)57(62(76,77)78,63(79,80)81)34-10-16-44-46(22-34)56(89)85(54(44)87)38-14-20-42(50(26-38)61(73,74)75)40-18-12-36(24-48(40)59(67,68)69)83-28-32-6-2-4-8-52(32)91-30-83/h1-26H,27-30H2. The van der Waals surface area contributed by atoms with E-state index in [1.807, 2.05) is 0 Å². The molecule has 91 heavy (non-hydrogen) atoms. The lowest BCUT2D eigenvalue weighted by atomic mass is 9.71. The number of para-hydroxylation sites is 2. The van der Waals surface area contributed by atoms with Crippen molar-refractivity contribution >= 4 is 46.4 Å². The maximum absolute atomic E-state index is 15.8. The highest BCUT2D eigenvalue weighted by molar-refractivity contribution is 6.35. The van der Waals surface area contributed by atoms with Crippen molar-refractivity contribution in [2.24, 2.45) is 0 Å². The van der Waals surface area contributed by atoms with Crippen molar-refractivity contribution < 1.29 is 108 Å². The van der Waals surface area contributed by atoms with Crippen molar-refractivity contribution in [3.8, 4) is 33.8 Å². The fourth-order valence-corrected chi connectivity index (χ4v) is 11.8. The van der Waals surface area contributed by atoms with Gasteiger partial charge in [-0.15, -0.1) is 0 Å². The van der Waals surface area contributed by atoms with Gasteiger partial charge in [0.15, 0.2) is 13.5 Å². The second kappa shape index (κ2) is 21.0. The number of ether oxygens (including phenoxy) is 2. The van der Waals surface area contributed by atoms with E-state index in [2.05, 4.69) is 0 Å². The van der Waals surface area contributed by atoms with E-state index in [0.29, 0.717) is 71.2 Å². The molecular formula is C63H34F18N4O6. The fraction of sp³-hybridized carbons (Fsp3) is 0.175. The Labute approximate surface area is 499 Å². The maximum atomic E-state index is 15.8. The Kier molecular flexibility index (Phi) is 14.2. The number of hydrogen-bond acceptors (Lipinski definition) is 8. The molecular weight excluding hydrogens is 1250 g/mol. The van der Waals surface area contributed by atoms with E-state index in [-0.39, 0.29) is 84.1 Å². The molecule has 0 spiro atoms. The van der Waals surface area contributed by atoms with Gasteiger partial charge in [-0.05, 0) is 118 Å². The minimum absolute atomic E-state index is 0.0356. The van der Waals surface area contributed by atoms with Crippen LogP contribution < -0.4 is 29.1 Å². The zero-order chi connectivity index (χ0) is 65.4. The molecule has 0 saturated carbocycles. The van der Waals surface area contributed by atoms with E-state index in [1.54, 1.807) is 48.5 Å². The topological polar surface area (TPSA) is 99.7 Å². The van der Waals surface area contributed by atoms with Crippen LogP contribution in [0.15, 0.2) is 158 Å². The third-order valence-corrected chi connectivity index (χ3v) is 16.0. The summed E-state index contributed by atoms with van der Waals surface area (Å²) in [7, 11) is 0. The molecule has 12 rings (SSSR count). The first-order valence-corrected chi connectivity index (χ1v) is 26.5. The van der Waals surface area contributed by atoms with Gasteiger partial charge < -0.3 is 19.3 Å². The van der Waals surface area contributed by atoms with Crippen molar-refractivity contribution in [1.82, 2.24) is 0 Å². The molecule has 468 valence electrons. The quantitative estimate of drug-likeness (QED) is 0.110. The van der Waals surface area contributed by atoms with Crippen LogP contribution in [0.4, 0.5) is 102 Å². The highest BCUT2D eigenvalue weighted by atomic mass is 19.4. The molecule has 4 heterocycles. The highest BCUT2D eigenvalue weighted by Gasteiger charge is 2.73. The molecule has 0 fully saturated rings. The van der Waals surface area contributed by atoms with Crippen molar-refractivity contribution in [1.29, 1.82) is 0 Å². The molecule has 0 N–H and O–H groups in total. The van der Waals surface area contributed by atoms with Gasteiger partial charge in [-0.25, -0.2) is 9.80 Å². The minimum atomic E-state index is -6.58. The second-order valence-electron chi connectivity index (χ2n) is 21.2. The molecule has 8 aromatic rings. The Morgan fingerprint density at radius 1 is 0.308 bits per heavy atom. The molecule has 0 unspecified atom stereocenters. The van der Waals surface area contributed by atoms with Crippen molar-refractivity contribution in [3.63, 3.8) is 0 Å². The summed E-state index contributed by atoms with van der Waals surface area (Å²) in [6.45, 7) is -0.439. The molecule has 0 bridgehead atoms. The number of benzene rings is 8. The largest absolute Gasteiger partial charge is 0.473 e. The van der Waals surface area contributed by atoms with Crippen LogP contribution in [0.2, 0.25) is 0 Å². The van der Waals surface area contributed by atoms with Crippen LogP contribution in [0.3, 0.4) is 0 Å². The number of anilines is 4. The van der Waals surface area contributed by atoms with Gasteiger partial charge in [0.25, 0.3) is 23.6 Å². The molecule has 0 aromatic heterocycles. The third kappa shape index (κ3) is 10.2. The van der Waals surface area contributed by atoms with Crippen LogP contribution in [-0.2, 0) is 43.2 Å². The first kappa shape index (κ1) is 61.2. The molecule has 28 heteroatoms. The molecule has 4 aliphatic rings. The zero-order valence-electron chi connectivity index (χ0n) is 45.4. The number of halogens is 18. The number of carbonyl (C=O) groups is 4. The van der Waals surface area contributed by atoms with E-state index in [4.69, 9.17) is 9.47 Å². The number of rotatable bonds is 8. The molecule has 4 aliphatic heterocycles. The summed E-state index contributed by atoms with van der Waals surface area (Å²) in [6.07, 6.45) is -35.0. The average molecular weight is 1280 g/mol. The molecule has 0 radical (unpaired) electrons. The van der Waals surface area contributed by atoms with Crippen LogP contribution in [0.5, 0.6) is 11.5 Å². The monoisotopic (exact) mass is 1280 g/mol. The molecule has 0 saturated heterocycles. The normalized spacial score (nSPS) is 15.6. The Balaban J connectivity index is 0.873. The van der Waals surface area contributed by atoms with Crippen molar-refractivity contribution in [3.05, 3.63) is 224 Å². The van der Waals surface area contributed by atoms with Crippen LogP contribution in [-0.4, -0.2) is 49.4 Å². The first-order chi connectivity index (χ1) is 42.6. The van der Waals surface area contributed by atoms with Gasteiger partial charge in [0, 0.05) is 35.6 Å². The number of amides is 4. The molecule has 4 amide bonds. The number of hydrogen-bond donors (Lipinski definition) is 0. The number of imide groups is 2. The van der Waals surface area contributed by atoms with Gasteiger partial charge in [-0.2, -0.15) is 79.0 Å². The number of fused-ring (bicyclic) bond motifs is 4. The number of alkyl halides is 18. The lowest BCUT2D eigenvalue weighted by Gasteiger charge is -2.38. The van der Waals surface area contributed by atoms with E-state index < -0.39 is 155 Å². The molecule has 0 atom stereocenters. The summed E-state index contributed by atoms with van der Waals surface area (Å²) in [5.41, 5.74) is -26.1. The van der Waals surface area contributed by atoms with E-state index >= 15 is 52.7 Å². The number of carbonyl (C=O) groups excluding carboxylic acids is 4. The molecule has 8 aromatic carbocycles. The zero-order valence-corrected chi connectivity index (χ0v) is 45.4. The predicted molar refractivity (Wildman–Crippen MR) is 288 cm³/mol. The van der Waals surface area contributed by atoms with Gasteiger partial charge in [-0.3, -0.25) is 19.2 Å². The Morgan fingerprint density at radius 2 is 0.593 bits per heavy atom. The SMILES string of the molecule is O=C1c2ccc(C(c3ccc4c(c3)C(=O)N(c3ccc(-c5ccc(N6COc7ccccc7C6)cc5C(F)(F)F)c(C(F)(F)F)c3)C4=O)(C(F)(F)F)C(F)(F)F)cc2C(=O)N1c1ccc(-c2ccc(N3COc4ccccc4C3)cc2C(F)(F)F)c(C(F)(F)F)c1. The van der Waals surface area contributed by atoms with Crippen molar-refractivity contribution in [2.75, 3.05) is 33.1 Å². The van der Waals surface area contributed by atoms with Crippen LogP contribution in [0, 0.1) is 0 Å². The smallest absolute Gasteiger partial charge is 0.417 e. The summed E-state index contributed by atoms with van der Waals surface area (Å²) in [4.78, 5) is 58.6. The molecule has 10 nitrogen and oxygen atoms in total. The predicted octanol–water partition coefficient (Wildman–Crippen LogP) is 16.8. The van der Waals surface area contributed by atoms with E-state index in [1.165, 1.54) is 9.80 Å². The summed E-state index contributed by atoms with van der Waals surface area (Å²) >= 11 is 0. The number of nitrogens with zero attached hydrogens (tertiary/aromatic N) is 4. The summed E-state index contributed by atoms with van der Waals surface area (Å²) in [6, 6.07) is 20.8. The van der Waals surface area contributed by atoms with Crippen LogP contribution in [0.25, 0.3) is 22.3 Å². The summed E-state index contributed by atoms with van der Waals surface area (Å²) in [5, 5.41) is 0. The highest BCUT2D eigenvalue weighted by Crippen LogP contribution is 2.58. The Morgan fingerprint density at radius 3 is 0.912 bits per heavy atom. The lowest BCUT2D eigenvalue weighted by molar-refractivity contribution is -0.288. The summed E-state index contributed by atoms with van der Waals surface area (Å²) in [5.74, 6) is -5.97. The van der Waals surface area contributed by atoms with E-state index in [0.717, 1.165) is 24.3 Å². The average Bonchev–Trinajstić information content (AvgIpc) is 1.72. The van der Waals surface area contributed by atoms with Gasteiger partial charge in [0.2, 0.25) is 5.41 Å². The lowest BCUT2D eigenvalue weighted by Crippen LogP contribution is -2.55. The van der Waals surface area contributed by atoms with Gasteiger partial charge in [0.05, 0.1) is 55.9 Å².